The van der Waals surface area contributed by atoms with Crippen LogP contribution in [0.2, 0.25) is 5.02 Å². The molecular weight excluding hydrogens is 250 g/mol. The Morgan fingerprint density at radius 3 is 2.89 bits per heavy atom. The van der Waals surface area contributed by atoms with Crippen molar-refractivity contribution in [3.8, 4) is 5.75 Å². The molecule has 18 heavy (non-hydrogen) atoms. The van der Waals surface area contributed by atoms with E-state index >= 15 is 0 Å². The summed E-state index contributed by atoms with van der Waals surface area (Å²) in [5.41, 5.74) is 1.17. The Morgan fingerprint density at radius 2 is 2.11 bits per heavy atom. The van der Waals surface area contributed by atoms with Gasteiger partial charge in [-0.15, -0.1) is 0 Å². The van der Waals surface area contributed by atoms with E-state index in [1.54, 1.807) is 36.5 Å². The van der Waals surface area contributed by atoms with Gasteiger partial charge in [-0.25, -0.2) is 0 Å². The predicted molar refractivity (Wildman–Crippen MR) is 68.6 cm³/mol. The van der Waals surface area contributed by atoms with Crippen LogP contribution in [0.3, 0.4) is 0 Å². The molecule has 1 aliphatic rings. The molecule has 0 radical (unpaired) electrons. The van der Waals surface area contributed by atoms with Crippen LogP contribution in [0, 0.1) is 0 Å². The summed E-state index contributed by atoms with van der Waals surface area (Å²) in [5.74, 6) is 0.635. The highest BCUT2D eigenvalue weighted by molar-refractivity contribution is 6.31. The van der Waals surface area contributed by atoms with Gasteiger partial charge in [0.05, 0.1) is 11.3 Å². The Bertz CT molecular complexity index is 650. The molecule has 3 rings (SSSR count). The number of benzene rings is 1. The summed E-state index contributed by atoms with van der Waals surface area (Å²) >= 11 is 5.86. The third kappa shape index (κ3) is 1.89. The van der Waals surface area contributed by atoms with Gasteiger partial charge in [-0.1, -0.05) is 17.7 Å². The van der Waals surface area contributed by atoms with Crippen LogP contribution in [0.5, 0.6) is 5.75 Å². The predicted octanol–water partition coefficient (Wildman–Crippen LogP) is 3.35. The summed E-state index contributed by atoms with van der Waals surface area (Å²) in [6.45, 7) is 0. The fourth-order valence-electron chi connectivity index (χ4n) is 1.76. The summed E-state index contributed by atoms with van der Waals surface area (Å²) in [5, 5.41) is 0.518. The van der Waals surface area contributed by atoms with Crippen molar-refractivity contribution in [2.75, 3.05) is 0 Å². The molecule has 0 bridgehead atoms. The summed E-state index contributed by atoms with van der Waals surface area (Å²) in [7, 11) is 0. The Hall–Kier alpha value is -2.13. The lowest BCUT2D eigenvalue weighted by molar-refractivity contribution is 0.101. The highest BCUT2D eigenvalue weighted by Gasteiger charge is 2.27. The van der Waals surface area contributed by atoms with Gasteiger partial charge in [-0.05, 0) is 30.3 Å². The van der Waals surface area contributed by atoms with Crippen molar-refractivity contribution < 1.29 is 9.53 Å². The van der Waals surface area contributed by atoms with E-state index < -0.39 is 0 Å². The minimum absolute atomic E-state index is 0.168. The van der Waals surface area contributed by atoms with Crippen LogP contribution in [0.25, 0.3) is 6.08 Å². The molecule has 0 fully saturated rings. The molecule has 3 nitrogen and oxygen atoms in total. The monoisotopic (exact) mass is 257 g/mol. The van der Waals surface area contributed by atoms with Gasteiger partial charge in [0.25, 0.3) is 0 Å². The van der Waals surface area contributed by atoms with Gasteiger partial charge in [-0.2, -0.15) is 0 Å². The molecule has 2 heterocycles. The number of carbonyl (C=O) groups excluding carboxylic acids is 1. The molecule has 0 saturated heterocycles. The second-order valence-electron chi connectivity index (χ2n) is 3.83. The van der Waals surface area contributed by atoms with Gasteiger partial charge < -0.3 is 4.74 Å². The van der Waals surface area contributed by atoms with Crippen LogP contribution in [0.4, 0.5) is 0 Å². The van der Waals surface area contributed by atoms with Gasteiger partial charge in [0.2, 0.25) is 5.78 Å². The summed E-state index contributed by atoms with van der Waals surface area (Å²) in [6.07, 6.45) is 3.28. The second-order valence-corrected chi connectivity index (χ2v) is 4.27. The Balaban J connectivity index is 2.00. The number of hydrogen-bond acceptors (Lipinski definition) is 3. The Morgan fingerprint density at radius 1 is 1.22 bits per heavy atom. The number of rotatable bonds is 1. The number of carbonyl (C=O) groups is 1. The molecule has 88 valence electrons. The van der Waals surface area contributed by atoms with E-state index in [1.807, 2.05) is 12.1 Å². The number of ether oxygens (including phenoxy) is 1. The minimum atomic E-state index is -0.168. The highest BCUT2D eigenvalue weighted by atomic mass is 35.5. The van der Waals surface area contributed by atoms with Crippen molar-refractivity contribution in [2.45, 2.75) is 0 Å². The van der Waals surface area contributed by atoms with Crippen LogP contribution in [0.15, 0.2) is 48.4 Å². The SMILES string of the molecule is O=C1/C(=C/c2ccccn2)Oc2ccc(Cl)cc21. The van der Waals surface area contributed by atoms with Gasteiger partial charge in [0, 0.05) is 17.3 Å². The first kappa shape index (κ1) is 11.0. The molecule has 1 aromatic heterocycles. The quantitative estimate of drug-likeness (QED) is 0.736. The molecule has 0 saturated carbocycles. The van der Waals surface area contributed by atoms with Gasteiger partial charge in [0.1, 0.15) is 5.75 Å². The Kier molecular flexibility index (Phi) is 2.61. The average Bonchev–Trinajstić information content (AvgIpc) is 2.68. The topological polar surface area (TPSA) is 39.2 Å². The maximum absolute atomic E-state index is 12.1. The lowest BCUT2D eigenvalue weighted by Gasteiger charge is -1.97. The maximum Gasteiger partial charge on any atom is 0.232 e. The van der Waals surface area contributed by atoms with Crippen molar-refractivity contribution in [2.24, 2.45) is 0 Å². The number of halogens is 1. The summed E-state index contributed by atoms with van der Waals surface area (Å²) in [6, 6.07) is 10.5. The molecule has 1 aromatic carbocycles. The number of aromatic nitrogens is 1. The van der Waals surface area contributed by atoms with Crippen LogP contribution >= 0.6 is 11.6 Å². The number of ketones is 1. The van der Waals surface area contributed by atoms with Crippen LogP contribution in [0.1, 0.15) is 16.1 Å². The molecule has 1 aliphatic heterocycles. The molecule has 0 N–H and O–H groups in total. The number of pyridine rings is 1. The minimum Gasteiger partial charge on any atom is -0.452 e. The molecule has 0 aliphatic carbocycles. The van der Waals surface area contributed by atoms with Crippen molar-refractivity contribution >= 4 is 23.5 Å². The molecule has 4 heteroatoms. The molecule has 0 amide bonds. The number of allylic oxidation sites excluding steroid dienone is 1. The first-order valence-corrected chi connectivity index (χ1v) is 5.77. The number of fused-ring (bicyclic) bond motifs is 1. The van der Waals surface area contributed by atoms with E-state index in [9.17, 15) is 4.79 Å². The molecule has 0 unspecified atom stereocenters. The average molecular weight is 258 g/mol. The smallest absolute Gasteiger partial charge is 0.232 e. The van der Waals surface area contributed by atoms with Crippen molar-refractivity contribution in [1.29, 1.82) is 0 Å². The molecule has 2 aromatic rings. The standard InChI is InChI=1S/C14H8ClNO2/c15-9-4-5-12-11(7-9)14(17)13(18-12)8-10-3-1-2-6-16-10/h1-8H/b13-8-. The summed E-state index contributed by atoms with van der Waals surface area (Å²) in [4.78, 5) is 16.2. The third-order valence-corrected chi connectivity index (χ3v) is 2.83. The molecule has 0 atom stereocenters. The largest absolute Gasteiger partial charge is 0.452 e. The highest BCUT2D eigenvalue weighted by Crippen LogP contribution is 2.33. The van der Waals surface area contributed by atoms with Crippen LogP contribution < -0.4 is 4.74 Å². The summed E-state index contributed by atoms with van der Waals surface area (Å²) < 4.78 is 5.49. The second kappa shape index (κ2) is 4.27. The normalized spacial score (nSPS) is 15.6. The van der Waals surface area contributed by atoms with Crippen molar-refractivity contribution in [3.05, 3.63) is 64.6 Å². The lowest BCUT2D eigenvalue weighted by Crippen LogP contribution is -1.98. The van der Waals surface area contributed by atoms with E-state index in [0.29, 0.717) is 22.0 Å². The zero-order chi connectivity index (χ0) is 12.5. The zero-order valence-electron chi connectivity index (χ0n) is 9.26. The first-order valence-electron chi connectivity index (χ1n) is 5.39. The van der Waals surface area contributed by atoms with E-state index in [2.05, 4.69) is 4.98 Å². The maximum atomic E-state index is 12.1. The Labute approximate surface area is 109 Å². The third-order valence-electron chi connectivity index (χ3n) is 2.60. The van der Waals surface area contributed by atoms with E-state index in [0.717, 1.165) is 0 Å². The van der Waals surface area contributed by atoms with E-state index in [4.69, 9.17) is 16.3 Å². The zero-order valence-corrected chi connectivity index (χ0v) is 10.0. The van der Waals surface area contributed by atoms with Gasteiger partial charge in [0.15, 0.2) is 5.76 Å². The number of nitrogens with zero attached hydrogens (tertiary/aromatic N) is 1. The fourth-order valence-corrected chi connectivity index (χ4v) is 1.93. The van der Waals surface area contributed by atoms with Gasteiger partial charge in [-0.3, -0.25) is 9.78 Å². The van der Waals surface area contributed by atoms with Crippen LogP contribution in [-0.2, 0) is 0 Å². The van der Waals surface area contributed by atoms with Crippen molar-refractivity contribution in [3.63, 3.8) is 0 Å². The van der Waals surface area contributed by atoms with Crippen molar-refractivity contribution in [1.82, 2.24) is 4.98 Å². The van der Waals surface area contributed by atoms with Gasteiger partial charge >= 0.3 is 0 Å². The van der Waals surface area contributed by atoms with Crippen LogP contribution in [-0.4, -0.2) is 10.8 Å². The molecular formula is C14H8ClNO2. The van der Waals surface area contributed by atoms with E-state index in [1.165, 1.54) is 0 Å². The first-order chi connectivity index (χ1) is 8.74. The molecule has 0 spiro atoms. The number of hydrogen-bond donors (Lipinski definition) is 0. The van der Waals surface area contributed by atoms with E-state index in [-0.39, 0.29) is 11.5 Å². The number of Topliss-reactive ketones (excluding diaryl/α,β-unsaturated/α-hetero) is 1. The fraction of sp³-hybridized carbons (Fsp3) is 0. The lowest BCUT2D eigenvalue weighted by atomic mass is 10.1.